The molecule has 3 heterocycles. The number of carbonyl (C=O) groups excluding carboxylic acids is 1. The second-order valence-corrected chi connectivity index (χ2v) is 10.5. The summed E-state index contributed by atoms with van der Waals surface area (Å²) in [7, 11) is 0. The normalized spacial score (nSPS) is 16.8. The first-order valence-corrected chi connectivity index (χ1v) is 13.1. The first-order chi connectivity index (χ1) is 18.6. The van der Waals surface area contributed by atoms with Gasteiger partial charge in [0.15, 0.2) is 5.60 Å². The Morgan fingerprint density at radius 3 is 2.26 bits per heavy atom. The van der Waals surface area contributed by atoms with Crippen molar-refractivity contribution >= 4 is 16.7 Å². The van der Waals surface area contributed by atoms with Crippen LogP contribution in [0.15, 0.2) is 73.2 Å². The van der Waals surface area contributed by atoms with Crippen molar-refractivity contribution in [2.75, 3.05) is 13.1 Å². The van der Waals surface area contributed by atoms with E-state index in [4.69, 9.17) is 0 Å². The molecule has 1 atom stereocenters. The number of carbonyl (C=O) groups is 1. The summed E-state index contributed by atoms with van der Waals surface area (Å²) in [6.07, 6.45) is 3.08. The highest BCUT2D eigenvalue weighted by molar-refractivity contribution is 5.85. The van der Waals surface area contributed by atoms with Crippen molar-refractivity contribution in [3.05, 3.63) is 95.4 Å². The van der Waals surface area contributed by atoms with Crippen LogP contribution in [0.5, 0.6) is 0 Å². The van der Waals surface area contributed by atoms with E-state index in [0.29, 0.717) is 19.4 Å². The molecule has 0 radical (unpaired) electrons. The second kappa shape index (κ2) is 10.9. The van der Waals surface area contributed by atoms with E-state index in [1.54, 1.807) is 24.5 Å². The lowest BCUT2D eigenvalue weighted by Gasteiger charge is -2.32. The fourth-order valence-electron chi connectivity index (χ4n) is 5.20. The zero-order valence-corrected chi connectivity index (χ0v) is 21.7. The quantitative estimate of drug-likeness (QED) is 0.327. The van der Waals surface area contributed by atoms with E-state index in [2.05, 4.69) is 19.7 Å². The van der Waals surface area contributed by atoms with Gasteiger partial charge in [0.1, 0.15) is 5.78 Å². The number of pyridine rings is 1. The zero-order chi connectivity index (χ0) is 27.6. The van der Waals surface area contributed by atoms with Gasteiger partial charge in [-0.25, -0.2) is 0 Å². The van der Waals surface area contributed by atoms with Gasteiger partial charge in [0.2, 0.25) is 0 Å². The molecule has 6 nitrogen and oxygen atoms in total. The molecule has 1 fully saturated rings. The molecule has 2 aromatic carbocycles. The van der Waals surface area contributed by atoms with Crippen LogP contribution in [0.1, 0.15) is 48.1 Å². The summed E-state index contributed by atoms with van der Waals surface area (Å²) in [5.74, 6) is 0.153. The number of nitrogens with zero attached hydrogens (tertiary/aromatic N) is 4. The molecule has 39 heavy (non-hydrogen) atoms. The first-order valence-electron chi connectivity index (χ1n) is 13.1. The number of ketones is 1. The van der Waals surface area contributed by atoms with Gasteiger partial charge in [-0.3, -0.25) is 19.4 Å². The molecule has 1 unspecified atom stereocenters. The maximum atomic E-state index is 13.1. The number of benzene rings is 2. The van der Waals surface area contributed by atoms with Gasteiger partial charge in [-0.15, -0.1) is 0 Å². The smallest absolute Gasteiger partial charge is 0.376 e. The van der Waals surface area contributed by atoms with Crippen LogP contribution in [0.3, 0.4) is 0 Å². The number of Topliss-reactive ketones (excluding diaryl/α,β-unsaturated/α-hetero) is 1. The minimum atomic E-state index is -4.73. The van der Waals surface area contributed by atoms with Crippen molar-refractivity contribution in [2.45, 2.75) is 57.0 Å². The summed E-state index contributed by atoms with van der Waals surface area (Å²) in [5, 5.41) is 15.6. The van der Waals surface area contributed by atoms with Gasteiger partial charge in [0.25, 0.3) is 0 Å². The Kier molecular flexibility index (Phi) is 7.55. The van der Waals surface area contributed by atoms with Crippen molar-refractivity contribution in [1.82, 2.24) is 19.7 Å². The minimum Gasteiger partial charge on any atom is -0.376 e. The third kappa shape index (κ3) is 6.04. The lowest BCUT2D eigenvalue weighted by molar-refractivity contribution is -0.258. The monoisotopic (exact) mass is 536 g/mol. The van der Waals surface area contributed by atoms with Crippen molar-refractivity contribution < 1.29 is 23.1 Å². The second-order valence-electron chi connectivity index (χ2n) is 10.5. The van der Waals surface area contributed by atoms with E-state index in [9.17, 15) is 23.1 Å². The highest BCUT2D eigenvalue weighted by atomic mass is 19.4. The van der Waals surface area contributed by atoms with E-state index in [1.165, 1.54) is 12.1 Å². The molecule has 0 bridgehead atoms. The number of hydrogen-bond donors (Lipinski definition) is 1. The van der Waals surface area contributed by atoms with Gasteiger partial charge in [0.05, 0.1) is 17.8 Å². The largest absolute Gasteiger partial charge is 0.421 e. The van der Waals surface area contributed by atoms with Crippen molar-refractivity contribution in [3.63, 3.8) is 0 Å². The lowest BCUT2D eigenvalue weighted by atomic mass is 9.94. The third-order valence-corrected chi connectivity index (χ3v) is 7.59. The molecule has 2 aromatic heterocycles. The summed E-state index contributed by atoms with van der Waals surface area (Å²) in [6.45, 7) is 3.10. The summed E-state index contributed by atoms with van der Waals surface area (Å²) in [4.78, 5) is 18.8. The number of rotatable bonds is 8. The van der Waals surface area contributed by atoms with Crippen LogP contribution in [0, 0.1) is 0 Å². The summed E-state index contributed by atoms with van der Waals surface area (Å²) in [5.41, 5.74) is 0.855. The fourth-order valence-corrected chi connectivity index (χ4v) is 5.20. The molecule has 9 heteroatoms. The summed E-state index contributed by atoms with van der Waals surface area (Å²) in [6, 6.07) is 16.1. The van der Waals surface area contributed by atoms with Gasteiger partial charge >= 0.3 is 6.18 Å². The van der Waals surface area contributed by atoms with Crippen molar-refractivity contribution in [1.29, 1.82) is 0 Å². The highest BCUT2D eigenvalue weighted by Gasteiger charge is 2.51. The Labute approximate surface area is 225 Å². The topological polar surface area (TPSA) is 71.2 Å². The van der Waals surface area contributed by atoms with Crippen molar-refractivity contribution in [3.8, 4) is 0 Å². The number of likely N-dealkylation sites (tertiary alicyclic amines) is 1. The van der Waals surface area contributed by atoms with Crippen LogP contribution < -0.4 is 0 Å². The minimum absolute atomic E-state index is 0.153. The van der Waals surface area contributed by atoms with Crippen LogP contribution in [0.4, 0.5) is 13.2 Å². The average Bonchev–Trinajstić information content (AvgIpc) is 3.32. The van der Waals surface area contributed by atoms with Crippen LogP contribution >= 0.6 is 0 Å². The third-order valence-electron chi connectivity index (χ3n) is 7.59. The molecule has 0 amide bonds. The van der Waals surface area contributed by atoms with Gasteiger partial charge in [0, 0.05) is 50.3 Å². The predicted molar refractivity (Wildman–Crippen MR) is 142 cm³/mol. The van der Waals surface area contributed by atoms with Gasteiger partial charge in [-0.05, 0) is 66.3 Å². The van der Waals surface area contributed by atoms with E-state index in [-0.39, 0.29) is 17.4 Å². The van der Waals surface area contributed by atoms with Gasteiger partial charge in [-0.2, -0.15) is 18.3 Å². The predicted octanol–water partition coefficient (Wildman–Crippen LogP) is 5.39. The maximum Gasteiger partial charge on any atom is 0.421 e. The van der Waals surface area contributed by atoms with E-state index >= 15 is 0 Å². The Morgan fingerprint density at radius 1 is 0.949 bits per heavy atom. The maximum absolute atomic E-state index is 13.1. The van der Waals surface area contributed by atoms with Crippen LogP contribution in [0.25, 0.3) is 10.9 Å². The molecular formula is C30H31F3N4O2. The fraction of sp³-hybridized carbons (Fsp3) is 0.367. The lowest BCUT2D eigenvalue weighted by Crippen LogP contribution is -2.39. The molecule has 1 N–H and O–H groups in total. The summed E-state index contributed by atoms with van der Waals surface area (Å²) < 4.78 is 41.4. The molecule has 0 spiro atoms. The number of halogens is 3. The number of aromatic nitrogens is 3. The van der Waals surface area contributed by atoms with E-state index in [1.807, 2.05) is 36.5 Å². The van der Waals surface area contributed by atoms with Crippen LogP contribution in [-0.2, 0) is 29.8 Å². The highest BCUT2D eigenvalue weighted by Crippen LogP contribution is 2.38. The van der Waals surface area contributed by atoms with Crippen LogP contribution in [-0.4, -0.2) is 49.8 Å². The Morgan fingerprint density at radius 2 is 1.59 bits per heavy atom. The van der Waals surface area contributed by atoms with Gasteiger partial charge < -0.3 is 5.11 Å². The molecule has 1 aliphatic rings. The Balaban J connectivity index is 1.17. The van der Waals surface area contributed by atoms with Crippen LogP contribution in [0.2, 0.25) is 0 Å². The molecule has 1 aliphatic heterocycles. The zero-order valence-electron chi connectivity index (χ0n) is 21.7. The van der Waals surface area contributed by atoms with Gasteiger partial charge in [-0.1, -0.05) is 30.3 Å². The standard InChI is InChI=1S/C30H31F3N4O2/c1-29(39,30(31,32)33)25-5-2-22(3-6-25)20-36-14-10-26(11-15-36)37-28-7-4-23(16-24(28)19-35-37)18-27(38)17-21-8-12-34-13-9-21/h2-9,12-13,16,19,26,39H,10-11,14-15,17-18,20H2,1H3. The van der Waals surface area contributed by atoms with Crippen molar-refractivity contribution in [2.24, 2.45) is 0 Å². The Hall–Kier alpha value is -3.56. The number of aliphatic hydroxyl groups is 1. The molecule has 5 rings (SSSR count). The molecule has 0 aliphatic carbocycles. The number of fused-ring (bicyclic) bond motifs is 1. The van der Waals surface area contributed by atoms with E-state index < -0.39 is 11.8 Å². The SMILES string of the molecule is CC(O)(c1ccc(CN2CCC(n3ncc4cc(CC(=O)Cc5ccncc5)ccc43)CC2)cc1)C(F)(F)F. The number of alkyl halides is 3. The molecular weight excluding hydrogens is 505 g/mol. The molecule has 1 saturated heterocycles. The van der Waals surface area contributed by atoms with E-state index in [0.717, 1.165) is 60.4 Å². The number of piperidine rings is 1. The molecule has 0 saturated carbocycles. The number of hydrogen-bond acceptors (Lipinski definition) is 5. The Bertz CT molecular complexity index is 1420. The average molecular weight is 537 g/mol. The first kappa shape index (κ1) is 27.0. The summed E-state index contributed by atoms with van der Waals surface area (Å²) >= 11 is 0. The molecule has 4 aromatic rings. The molecule has 204 valence electrons.